The van der Waals surface area contributed by atoms with Crippen molar-refractivity contribution in [1.82, 2.24) is 0 Å². The predicted octanol–water partition coefficient (Wildman–Crippen LogP) is 4.31. The summed E-state index contributed by atoms with van der Waals surface area (Å²) in [7, 11) is 1.38. The SMILES string of the molecule is COc1cc(C=C(C#N)C(=O)Nc2cccc([N+](=O)[O-])c2)ccc1OCC(=O)Nc1ccc(F)cc1. The van der Waals surface area contributed by atoms with E-state index in [0.29, 0.717) is 11.3 Å². The maximum atomic E-state index is 13.0. The van der Waals surface area contributed by atoms with Gasteiger partial charge in [0.1, 0.15) is 17.5 Å². The molecule has 36 heavy (non-hydrogen) atoms. The number of hydrogen-bond donors (Lipinski definition) is 2. The number of nitriles is 1. The van der Waals surface area contributed by atoms with Gasteiger partial charge in [-0.1, -0.05) is 12.1 Å². The number of nitro benzene ring substituents is 1. The van der Waals surface area contributed by atoms with Crippen molar-refractivity contribution in [3.63, 3.8) is 0 Å². The lowest BCUT2D eigenvalue weighted by Gasteiger charge is -2.12. The van der Waals surface area contributed by atoms with Gasteiger partial charge >= 0.3 is 0 Å². The number of nitro groups is 1. The molecule has 0 saturated carbocycles. The molecule has 0 aliphatic rings. The molecule has 2 amide bonds. The van der Waals surface area contributed by atoms with E-state index >= 15 is 0 Å². The Hall–Kier alpha value is -5.24. The molecule has 0 aliphatic carbocycles. The second-order valence-corrected chi connectivity index (χ2v) is 7.19. The van der Waals surface area contributed by atoms with Crippen LogP contribution < -0.4 is 20.1 Å². The maximum Gasteiger partial charge on any atom is 0.271 e. The molecule has 2 N–H and O–H groups in total. The van der Waals surface area contributed by atoms with Crippen molar-refractivity contribution in [3.8, 4) is 17.6 Å². The molecule has 0 unspecified atom stereocenters. The van der Waals surface area contributed by atoms with Gasteiger partial charge in [-0.2, -0.15) is 5.26 Å². The minimum atomic E-state index is -0.755. The van der Waals surface area contributed by atoms with Crippen molar-refractivity contribution in [2.75, 3.05) is 24.4 Å². The molecular formula is C25H19FN4O6. The lowest BCUT2D eigenvalue weighted by molar-refractivity contribution is -0.384. The number of methoxy groups -OCH3 is 1. The molecule has 0 radical (unpaired) electrons. The molecular weight excluding hydrogens is 471 g/mol. The zero-order valence-corrected chi connectivity index (χ0v) is 18.9. The topological polar surface area (TPSA) is 144 Å². The molecule has 3 aromatic rings. The zero-order chi connectivity index (χ0) is 26.1. The molecule has 0 fully saturated rings. The van der Waals surface area contributed by atoms with Gasteiger partial charge < -0.3 is 20.1 Å². The smallest absolute Gasteiger partial charge is 0.271 e. The van der Waals surface area contributed by atoms with Crippen LogP contribution in [0.25, 0.3) is 6.08 Å². The van der Waals surface area contributed by atoms with Crippen LogP contribution in [-0.2, 0) is 9.59 Å². The van der Waals surface area contributed by atoms with Gasteiger partial charge in [-0.15, -0.1) is 0 Å². The van der Waals surface area contributed by atoms with Gasteiger partial charge in [-0.3, -0.25) is 19.7 Å². The summed E-state index contributed by atoms with van der Waals surface area (Å²) in [6.45, 7) is -0.349. The van der Waals surface area contributed by atoms with Gasteiger partial charge in [0.15, 0.2) is 18.1 Å². The Labute approximate surface area is 204 Å². The largest absolute Gasteiger partial charge is 0.493 e. The monoisotopic (exact) mass is 490 g/mol. The Morgan fingerprint density at radius 2 is 1.81 bits per heavy atom. The number of ether oxygens (including phenoxy) is 2. The van der Waals surface area contributed by atoms with Crippen LogP contribution in [-0.4, -0.2) is 30.5 Å². The standard InChI is InChI=1S/C25H19FN4O6/c1-35-23-12-16(5-10-22(23)36-15-24(31)28-19-8-6-18(26)7-9-19)11-17(14-27)25(32)29-20-3-2-4-21(13-20)30(33)34/h2-13H,15H2,1H3,(H,28,31)(H,29,32). The third-order valence-electron chi connectivity index (χ3n) is 4.67. The maximum absolute atomic E-state index is 13.0. The van der Waals surface area contributed by atoms with E-state index in [1.165, 1.54) is 73.8 Å². The van der Waals surface area contributed by atoms with Crippen LogP contribution in [0.15, 0.2) is 72.3 Å². The van der Waals surface area contributed by atoms with Gasteiger partial charge in [0.05, 0.1) is 12.0 Å². The van der Waals surface area contributed by atoms with Crippen LogP contribution in [0, 0.1) is 27.3 Å². The van der Waals surface area contributed by atoms with Crippen molar-refractivity contribution < 1.29 is 28.4 Å². The van der Waals surface area contributed by atoms with E-state index in [2.05, 4.69) is 10.6 Å². The fraction of sp³-hybridized carbons (Fsp3) is 0.0800. The average Bonchev–Trinajstić information content (AvgIpc) is 2.87. The van der Waals surface area contributed by atoms with E-state index in [1.807, 2.05) is 0 Å². The normalized spacial score (nSPS) is 10.6. The highest BCUT2D eigenvalue weighted by atomic mass is 19.1. The number of rotatable bonds is 9. The number of nitrogens with one attached hydrogen (secondary N) is 2. The molecule has 3 rings (SSSR count). The Morgan fingerprint density at radius 3 is 2.47 bits per heavy atom. The second kappa shape index (κ2) is 11.8. The Kier molecular flexibility index (Phi) is 8.29. The van der Waals surface area contributed by atoms with Gasteiger partial charge in [-0.05, 0) is 54.1 Å². The van der Waals surface area contributed by atoms with Crippen LogP contribution in [0.4, 0.5) is 21.5 Å². The third kappa shape index (κ3) is 6.88. The first-order valence-electron chi connectivity index (χ1n) is 10.3. The first-order chi connectivity index (χ1) is 17.3. The molecule has 11 heteroatoms. The summed E-state index contributed by atoms with van der Waals surface area (Å²) in [6, 6.07) is 16.9. The van der Waals surface area contributed by atoms with Gasteiger partial charge in [0, 0.05) is 23.5 Å². The summed E-state index contributed by atoms with van der Waals surface area (Å²) >= 11 is 0. The zero-order valence-electron chi connectivity index (χ0n) is 18.9. The first kappa shape index (κ1) is 25.4. The molecule has 0 bridgehead atoms. The molecule has 182 valence electrons. The van der Waals surface area contributed by atoms with Crippen molar-refractivity contribution >= 4 is 35.0 Å². The van der Waals surface area contributed by atoms with Crippen molar-refractivity contribution in [3.05, 3.63) is 93.8 Å². The third-order valence-corrected chi connectivity index (χ3v) is 4.67. The number of benzene rings is 3. The number of hydrogen-bond acceptors (Lipinski definition) is 7. The fourth-order valence-electron chi connectivity index (χ4n) is 2.98. The van der Waals surface area contributed by atoms with Gasteiger partial charge in [0.2, 0.25) is 0 Å². The van der Waals surface area contributed by atoms with E-state index in [-0.39, 0.29) is 35.1 Å². The average molecular weight is 490 g/mol. The van der Waals surface area contributed by atoms with Gasteiger partial charge in [0.25, 0.3) is 17.5 Å². The van der Waals surface area contributed by atoms with E-state index in [9.17, 15) is 29.4 Å². The quantitative estimate of drug-likeness (QED) is 0.197. The number of carbonyl (C=O) groups is 2. The second-order valence-electron chi connectivity index (χ2n) is 7.19. The Bertz CT molecular complexity index is 1370. The molecule has 0 aliphatic heterocycles. The lowest BCUT2D eigenvalue weighted by atomic mass is 10.1. The fourth-order valence-corrected chi connectivity index (χ4v) is 2.98. The number of anilines is 2. The predicted molar refractivity (Wildman–Crippen MR) is 129 cm³/mol. The Morgan fingerprint density at radius 1 is 1.06 bits per heavy atom. The van der Waals surface area contributed by atoms with Crippen LogP contribution >= 0.6 is 0 Å². The van der Waals surface area contributed by atoms with Crippen LogP contribution in [0.5, 0.6) is 11.5 Å². The van der Waals surface area contributed by atoms with Crippen molar-refractivity contribution in [2.45, 2.75) is 0 Å². The Balaban J connectivity index is 1.68. The number of non-ortho nitro benzene ring substituents is 1. The van der Waals surface area contributed by atoms with Crippen LogP contribution in [0.3, 0.4) is 0 Å². The summed E-state index contributed by atoms with van der Waals surface area (Å²) in [5, 5.41) is 25.4. The number of nitrogens with zero attached hydrogens (tertiary/aromatic N) is 2. The summed E-state index contributed by atoms with van der Waals surface area (Å²) in [5.41, 5.74) is 0.541. The molecule has 0 heterocycles. The first-order valence-corrected chi connectivity index (χ1v) is 10.3. The number of carbonyl (C=O) groups excluding carboxylic acids is 2. The molecule has 10 nitrogen and oxygen atoms in total. The highest BCUT2D eigenvalue weighted by Crippen LogP contribution is 2.29. The van der Waals surface area contributed by atoms with E-state index in [1.54, 1.807) is 12.1 Å². The summed E-state index contributed by atoms with van der Waals surface area (Å²) < 4.78 is 23.8. The van der Waals surface area contributed by atoms with Crippen molar-refractivity contribution in [1.29, 1.82) is 5.26 Å². The molecule has 0 spiro atoms. The molecule has 0 aromatic heterocycles. The van der Waals surface area contributed by atoms with E-state index in [0.717, 1.165) is 0 Å². The molecule has 0 atom stereocenters. The van der Waals surface area contributed by atoms with Crippen LogP contribution in [0.2, 0.25) is 0 Å². The minimum Gasteiger partial charge on any atom is -0.493 e. The van der Waals surface area contributed by atoms with E-state index in [4.69, 9.17) is 9.47 Å². The minimum absolute atomic E-state index is 0.163. The van der Waals surface area contributed by atoms with Gasteiger partial charge in [-0.25, -0.2) is 4.39 Å². The highest BCUT2D eigenvalue weighted by molar-refractivity contribution is 6.09. The van der Waals surface area contributed by atoms with Crippen LogP contribution in [0.1, 0.15) is 5.56 Å². The highest BCUT2D eigenvalue weighted by Gasteiger charge is 2.14. The molecule has 0 saturated heterocycles. The van der Waals surface area contributed by atoms with Crippen molar-refractivity contribution in [2.24, 2.45) is 0 Å². The molecule has 3 aromatic carbocycles. The number of halogens is 1. The summed E-state index contributed by atoms with van der Waals surface area (Å²) in [5.74, 6) is -1.17. The summed E-state index contributed by atoms with van der Waals surface area (Å²) in [4.78, 5) is 34.9. The van der Waals surface area contributed by atoms with E-state index < -0.39 is 22.6 Å². The summed E-state index contributed by atoms with van der Waals surface area (Å²) in [6.07, 6.45) is 1.31. The number of amides is 2. The lowest BCUT2D eigenvalue weighted by Crippen LogP contribution is -2.20.